The van der Waals surface area contributed by atoms with Gasteiger partial charge in [-0.2, -0.15) is 0 Å². The third-order valence-corrected chi connectivity index (χ3v) is 3.11. The van der Waals surface area contributed by atoms with E-state index in [1.54, 1.807) is 0 Å². The molecule has 1 rings (SSSR count). The van der Waals surface area contributed by atoms with E-state index < -0.39 is 0 Å². The normalized spacial score (nSPS) is 22.8. The Morgan fingerprint density at radius 1 is 1.56 bits per heavy atom. The van der Waals surface area contributed by atoms with Gasteiger partial charge >= 0.3 is 0 Å². The first-order valence-electron chi connectivity index (χ1n) is 6.36. The summed E-state index contributed by atoms with van der Waals surface area (Å²) in [5.74, 6) is 0.473. The number of carbonyl (C=O) groups excluding carboxylic acids is 1. The molecule has 1 aliphatic heterocycles. The molecule has 94 valence electrons. The maximum absolute atomic E-state index is 11.7. The average Bonchev–Trinajstić information content (AvgIpc) is 2.35. The van der Waals surface area contributed by atoms with Crippen molar-refractivity contribution in [2.75, 3.05) is 19.7 Å². The second-order valence-electron chi connectivity index (χ2n) is 4.72. The summed E-state index contributed by atoms with van der Waals surface area (Å²) in [6.45, 7) is 3.93. The van der Waals surface area contributed by atoms with Crippen molar-refractivity contribution in [3.8, 4) is 0 Å². The molecule has 0 aromatic carbocycles. The third-order valence-electron chi connectivity index (χ3n) is 3.11. The zero-order valence-electron chi connectivity index (χ0n) is 10.2. The van der Waals surface area contributed by atoms with E-state index in [2.05, 4.69) is 10.6 Å². The van der Waals surface area contributed by atoms with Crippen LogP contribution < -0.4 is 10.6 Å². The van der Waals surface area contributed by atoms with Gasteiger partial charge in [-0.3, -0.25) is 4.79 Å². The van der Waals surface area contributed by atoms with Gasteiger partial charge < -0.3 is 15.7 Å². The minimum atomic E-state index is 0.0176. The average molecular weight is 228 g/mol. The van der Waals surface area contributed by atoms with Crippen molar-refractivity contribution in [2.24, 2.45) is 5.92 Å². The van der Waals surface area contributed by atoms with E-state index in [1.807, 2.05) is 6.92 Å². The second-order valence-corrected chi connectivity index (χ2v) is 4.72. The first-order valence-corrected chi connectivity index (χ1v) is 6.36. The number of aliphatic hydroxyl groups excluding tert-OH is 1. The lowest BCUT2D eigenvalue weighted by molar-refractivity contribution is -0.123. The summed E-state index contributed by atoms with van der Waals surface area (Å²) in [5.41, 5.74) is 0. The number of nitrogens with one attached hydrogen (secondary N) is 2. The molecule has 0 aliphatic carbocycles. The minimum Gasteiger partial charge on any atom is -0.396 e. The fourth-order valence-electron chi connectivity index (χ4n) is 1.95. The van der Waals surface area contributed by atoms with Crippen LogP contribution in [0.5, 0.6) is 0 Å². The molecule has 2 atom stereocenters. The van der Waals surface area contributed by atoms with Gasteiger partial charge in [0.2, 0.25) is 5.91 Å². The summed E-state index contributed by atoms with van der Waals surface area (Å²) in [7, 11) is 0. The number of hydrogen-bond donors (Lipinski definition) is 3. The Bertz CT molecular complexity index is 203. The van der Waals surface area contributed by atoms with E-state index in [1.165, 1.54) is 6.42 Å². The Kier molecular flexibility index (Phi) is 6.42. The Balaban J connectivity index is 2.05. The summed E-state index contributed by atoms with van der Waals surface area (Å²) in [4.78, 5) is 11.7. The summed E-state index contributed by atoms with van der Waals surface area (Å²) in [6, 6.07) is 0.0176. The van der Waals surface area contributed by atoms with Gasteiger partial charge in [0.1, 0.15) is 0 Å². The molecule has 4 heteroatoms. The van der Waals surface area contributed by atoms with Gasteiger partial charge in [-0.15, -0.1) is 0 Å². The van der Waals surface area contributed by atoms with Crippen molar-refractivity contribution in [3.05, 3.63) is 0 Å². The number of carbonyl (C=O) groups is 1. The van der Waals surface area contributed by atoms with Crippen LogP contribution in [0.25, 0.3) is 0 Å². The molecule has 16 heavy (non-hydrogen) atoms. The number of piperidine rings is 1. The van der Waals surface area contributed by atoms with Crippen molar-refractivity contribution in [3.63, 3.8) is 0 Å². The topological polar surface area (TPSA) is 61.4 Å². The van der Waals surface area contributed by atoms with Gasteiger partial charge in [0.25, 0.3) is 0 Å². The predicted molar refractivity (Wildman–Crippen MR) is 64.1 cm³/mol. The van der Waals surface area contributed by atoms with Gasteiger partial charge in [0, 0.05) is 13.2 Å². The van der Waals surface area contributed by atoms with Gasteiger partial charge in [0.05, 0.1) is 6.04 Å². The lowest BCUT2D eigenvalue weighted by Crippen LogP contribution is -2.46. The van der Waals surface area contributed by atoms with Crippen LogP contribution in [0.2, 0.25) is 0 Å². The fraction of sp³-hybridized carbons (Fsp3) is 0.917. The van der Waals surface area contributed by atoms with Crippen LogP contribution in [-0.4, -0.2) is 36.8 Å². The Morgan fingerprint density at radius 3 is 3.00 bits per heavy atom. The molecule has 4 nitrogen and oxygen atoms in total. The third kappa shape index (κ3) is 4.94. The Hall–Kier alpha value is -0.610. The predicted octanol–water partition coefficient (Wildman–Crippen LogP) is 0.653. The zero-order valence-corrected chi connectivity index (χ0v) is 10.2. The molecule has 1 amide bonds. The first kappa shape index (κ1) is 13.5. The molecule has 2 unspecified atom stereocenters. The van der Waals surface area contributed by atoms with Crippen molar-refractivity contribution in [1.29, 1.82) is 0 Å². The number of aliphatic hydroxyl groups is 1. The molecule has 0 radical (unpaired) electrons. The van der Waals surface area contributed by atoms with E-state index >= 15 is 0 Å². The molecule has 3 N–H and O–H groups in total. The molecule has 0 bridgehead atoms. The highest BCUT2D eigenvalue weighted by atomic mass is 16.3. The summed E-state index contributed by atoms with van der Waals surface area (Å²) >= 11 is 0. The van der Waals surface area contributed by atoms with Crippen LogP contribution >= 0.6 is 0 Å². The minimum absolute atomic E-state index is 0.0176. The molecule has 0 spiro atoms. The highest BCUT2D eigenvalue weighted by Gasteiger charge is 2.19. The maximum Gasteiger partial charge on any atom is 0.237 e. The molecule has 0 aromatic rings. The summed E-state index contributed by atoms with van der Waals surface area (Å²) in [6.07, 6.45) is 5.19. The molecule has 0 saturated carbocycles. The van der Waals surface area contributed by atoms with Crippen LogP contribution in [0.1, 0.15) is 39.0 Å². The number of hydrogen-bond acceptors (Lipinski definition) is 3. The lowest BCUT2D eigenvalue weighted by atomic mass is 10.0. The summed E-state index contributed by atoms with van der Waals surface area (Å²) < 4.78 is 0. The number of rotatable bonds is 6. The van der Waals surface area contributed by atoms with Crippen molar-refractivity contribution >= 4 is 5.91 Å². The lowest BCUT2D eigenvalue weighted by Gasteiger charge is -2.22. The van der Waals surface area contributed by atoms with Crippen LogP contribution in [-0.2, 0) is 4.79 Å². The Morgan fingerprint density at radius 2 is 2.38 bits per heavy atom. The van der Waals surface area contributed by atoms with Gasteiger partial charge in [-0.05, 0) is 38.1 Å². The smallest absolute Gasteiger partial charge is 0.237 e. The fourth-order valence-corrected chi connectivity index (χ4v) is 1.95. The van der Waals surface area contributed by atoms with E-state index in [-0.39, 0.29) is 18.6 Å². The van der Waals surface area contributed by atoms with Crippen LogP contribution in [0.15, 0.2) is 0 Å². The largest absolute Gasteiger partial charge is 0.396 e. The molecular formula is C12H24N2O2. The first-order chi connectivity index (χ1) is 7.74. The molecular weight excluding hydrogens is 204 g/mol. The molecule has 1 heterocycles. The molecule has 0 aromatic heterocycles. The van der Waals surface area contributed by atoms with Crippen LogP contribution in [0.4, 0.5) is 0 Å². The highest BCUT2D eigenvalue weighted by Crippen LogP contribution is 2.07. The highest BCUT2D eigenvalue weighted by molar-refractivity contribution is 5.81. The zero-order chi connectivity index (χ0) is 11.8. The van der Waals surface area contributed by atoms with E-state index in [4.69, 9.17) is 5.11 Å². The number of amides is 1. The standard InChI is InChI=1S/C12H24N2O2/c1-10(9-15)5-4-8-14-12(16)11-6-2-3-7-13-11/h10-11,13,15H,2-9H2,1H3,(H,14,16). The van der Waals surface area contributed by atoms with Crippen LogP contribution in [0, 0.1) is 5.92 Å². The quantitative estimate of drug-likeness (QED) is 0.585. The summed E-state index contributed by atoms with van der Waals surface area (Å²) in [5, 5.41) is 15.0. The SMILES string of the molecule is CC(CO)CCCNC(=O)C1CCCCN1. The van der Waals surface area contributed by atoms with Crippen molar-refractivity contribution in [2.45, 2.75) is 45.1 Å². The van der Waals surface area contributed by atoms with E-state index in [0.717, 1.165) is 38.8 Å². The van der Waals surface area contributed by atoms with Gasteiger partial charge in [0.15, 0.2) is 0 Å². The van der Waals surface area contributed by atoms with E-state index in [9.17, 15) is 4.79 Å². The monoisotopic (exact) mass is 228 g/mol. The maximum atomic E-state index is 11.7. The molecule has 1 saturated heterocycles. The van der Waals surface area contributed by atoms with E-state index in [0.29, 0.717) is 5.92 Å². The molecule has 1 aliphatic rings. The van der Waals surface area contributed by atoms with Gasteiger partial charge in [-0.25, -0.2) is 0 Å². The molecule has 1 fully saturated rings. The Labute approximate surface area is 97.8 Å². The van der Waals surface area contributed by atoms with Crippen LogP contribution in [0.3, 0.4) is 0 Å². The van der Waals surface area contributed by atoms with Gasteiger partial charge in [-0.1, -0.05) is 13.3 Å². The van der Waals surface area contributed by atoms with Crippen molar-refractivity contribution < 1.29 is 9.90 Å². The van der Waals surface area contributed by atoms with Crippen molar-refractivity contribution in [1.82, 2.24) is 10.6 Å². The second kappa shape index (κ2) is 7.63.